The van der Waals surface area contributed by atoms with Gasteiger partial charge in [-0.1, -0.05) is 19.8 Å². The van der Waals surface area contributed by atoms with Crippen molar-refractivity contribution in [2.45, 2.75) is 45.1 Å². The Morgan fingerprint density at radius 1 is 1.38 bits per heavy atom. The molecule has 1 atom stereocenters. The molecule has 0 N–H and O–H groups in total. The molecule has 1 aliphatic rings. The van der Waals surface area contributed by atoms with Crippen molar-refractivity contribution in [2.75, 3.05) is 6.16 Å². The van der Waals surface area contributed by atoms with Crippen molar-refractivity contribution in [1.82, 2.24) is 0 Å². The molecule has 0 spiro atoms. The van der Waals surface area contributed by atoms with Gasteiger partial charge in [0.25, 0.3) is 0 Å². The number of hydrogen-bond donors (Lipinski definition) is 0. The van der Waals surface area contributed by atoms with E-state index in [0.29, 0.717) is 6.10 Å². The molecule has 2 nitrogen and oxygen atoms in total. The molecular formula is C8H19AlO2PZn+. The summed E-state index contributed by atoms with van der Waals surface area (Å²) in [6.07, 6.45) is 6.73. The second kappa shape index (κ2) is 9.76. The Morgan fingerprint density at radius 3 is 2.38 bits per heavy atom. The summed E-state index contributed by atoms with van der Waals surface area (Å²) < 4.78 is 16.5. The first-order chi connectivity index (χ1) is 5.33. The molecule has 0 aromatic rings. The predicted molar refractivity (Wildman–Crippen MR) is 56.0 cm³/mol. The van der Waals surface area contributed by atoms with Crippen LogP contribution in [0.2, 0.25) is 0 Å². The monoisotopic (exact) mass is 269 g/mol. The predicted octanol–water partition coefficient (Wildman–Crippen LogP) is 1.91. The van der Waals surface area contributed by atoms with Crippen LogP contribution in [-0.2, 0) is 28.6 Å². The summed E-state index contributed by atoms with van der Waals surface area (Å²) in [4.78, 5) is 0. The minimum absolute atomic E-state index is 0. The molecule has 1 unspecified atom stereocenters. The first kappa shape index (κ1) is 16.6. The topological polar surface area (TPSA) is 26.3 Å². The van der Waals surface area contributed by atoms with Crippen LogP contribution in [0.3, 0.4) is 0 Å². The van der Waals surface area contributed by atoms with E-state index in [2.05, 4.69) is 0 Å². The first-order valence-electron chi connectivity index (χ1n) is 4.44. The minimum Gasteiger partial charge on any atom is -0.143 e. The summed E-state index contributed by atoms with van der Waals surface area (Å²) in [5.74, 6) is 0. The molecule has 0 aromatic heterocycles. The average Bonchev–Trinajstić information content (AvgIpc) is 2.40. The van der Waals surface area contributed by atoms with Gasteiger partial charge in [-0.05, 0) is 23.8 Å². The third-order valence-corrected chi connectivity index (χ3v) is 3.32. The largest absolute Gasteiger partial charge is 0.508 e. The van der Waals surface area contributed by atoms with Gasteiger partial charge in [-0.3, -0.25) is 0 Å². The number of hydrogen-bond acceptors (Lipinski definition) is 2. The molecule has 0 aromatic carbocycles. The van der Waals surface area contributed by atoms with Crippen LogP contribution < -0.4 is 0 Å². The summed E-state index contributed by atoms with van der Waals surface area (Å²) >= 11 is 0. The van der Waals surface area contributed by atoms with Crippen molar-refractivity contribution in [2.24, 2.45) is 0 Å². The van der Waals surface area contributed by atoms with Gasteiger partial charge >= 0.3 is 8.03 Å². The third kappa shape index (κ3) is 7.18. The van der Waals surface area contributed by atoms with Crippen LogP contribution in [0.5, 0.6) is 0 Å². The van der Waals surface area contributed by atoms with Crippen LogP contribution in [0.25, 0.3) is 0 Å². The number of rotatable bonds is 4. The van der Waals surface area contributed by atoms with Gasteiger partial charge in [-0.25, -0.2) is 0 Å². The standard InChI is InChI=1S/C8H16O2P.Al.Zn.3H/c1-2-7-11(9)10-8-5-3-4-6-8;;;;;/h8H,2-7H2,1H3;;;;;/q+1;;;;;. The van der Waals surface area contributed by atoms with Gasteiger partial charge in [-0.2, -0.15) is 0 Å². The van der Waals surface area contributed by atoms with Crippen molar-refractivity contribution >= 4 is 25.4 Å². The van der Waals surface area contributed by atoms with E-state index in [0.717, 1.165) is 25.4 Å². The maximum absolute atomic E-state index is 11.1. The van der Waals surface area contributed by atoms with Crippen LogP contribution >= 0.6 is 8.03 Å². The van der Waals surface area contributed by atoms with Crippen LogP contribution in [-0.4, -0.2) is 29.6 Å². The first-order valence-corrected chi connectivity index (χ1v) is 5.80. The second-order valence-electron chi connectivity index (χ2n) is 3.07. The van der Waals surface area contributed by atoms with Gasteiger partial charge in [0.05, 0.1) is 0 Å². The van der Waals surface area contributed by atoms with E-state index in [1.807, 2.05) is 6.92 Å². The van der Waals surface area contributed by atoms with Gasteiger partial charge in [0.15, 0.2) is 23.5 Å². The van der Waals surface area contributed by atoms with Gasteiger partial charge in [-0.15, -0.1) is 4.52 Å². The zero-order chi connectivity index (χ0) is 8.10. The molecule has 5 heteroatoms. The summed E-state index contributed by atoms with van der Waals surface area (Å²) in [6.45, 7) is 2.03. The fraction of sp³-hybridized carbons (Fsp3) is 1.00. The summed E-state index contributed by atoms with van der Waals surface area (Å²) in [7, 11) is -1.34. The van der Waals surface area contributed by atoms with Crippen LogP contribution in [0, 0.1) is 0 Å². The van der Waals surface area contributed by atoms with E-state index in [-0.39, 0.29) is 36.8 Å². The van der Waals surface area contributed by atoms with E-state index < -0.39 is 8.03 Å². The zero-order valence-electron chi connectivity index (χ0n) is 7.79. The third-order valence-electron chi connectivity index (χ3n) is 1.98. The normalized spacial score (nSPS) is 17.5. The molecule has 0 saturated heterocycles. The maximum Gasteiger partial charge on any atom is 0.508 e. The van der Waals surface area contributed by atoms with E-state index in [1.165, 1.54) is 12.8 Å². The van der Waals surface area contributed by atoms with Gasteiger partial charge in [0.2, 0.25) is 0 Å². The minimum atomic E-state index is -1.34. The Balaban J connectivity index is 0. The Kier molecular flexibility index (Phi) is 12.5. The molecule has 1 aliphatic carbocycles. The molecule has 72 valence electrons. The summed E-state index contributed by atoms with van der Waals surface area (Å²) in [5.41, 5.74) is 0. The van der Waals surface area contributed by atoms with Crippen molar-refractivity contribution in [3.8, 4) is 0 Å². The van der Waals surface area contributed by atoms with Crippen LogP contribution in [0.1, 0.15) is 39.0 Å². The van der Waals surface area contributed by atoms with Crippen molar-refractivity contribution in [3.05, 3.63) is 0 Å². The van der Waals surface area contributed by atoms with E-state index in [1.54, 1.807) is 0 Å². The molecule has 13 heavy (non-hydrogen) atoms. The van der Waals surface area contributed by atoms with Crippen LogP contribution in [0.15, 0.2) is 0 Å². The summed E-state index contributed by atoms with van der Waals surface area (Å²) in [5, 5.41) is 0. The molecular weight excluding hydrogens is 251 g/mol. The smallest absolute Gasteiger partial charge is 0.143 e. The van der Waals surface area contributed by atoms with Gasteiger partial charge in [0, 0.05) is 19.5 Å². The molecule has 0 amide bonds. The van der Waals surface area contributed by atoms with E-state index >= 15 is 0 Å². The van der Waals surface area contributed by atoms with Gasteiger partial charge < -0.3 is 0 Å². The summed E-state index contributed by atoms with van der Waals surface area (Å²) in [6, 6.07) is 0. The van der Waals surface area contributed by atoms with Crippen molar-refractivity contribution in [1.29, 1.82) is 0 Å². The fourth-order valence-electron chi connectivity index (χ4n) is 1.40. The Bertz CT molecular complexity index is 140. The average molecular weight is 271 g/mol. The van der Waals surface area contributed by atoms with Gasteiger partial charge in [0.1, 0.15) is 6.10 Å². The van der Waals surface area contributed by atoms with E-state index in [4.69, 9.17) is 4.52 Å². The molecule has 0 heterocycles. The second-order valence-corrected chi connectivity index (χ2v) is 4.39. The Hall–Kier alpha value is 1.22. The molecule has 1 rings (SSSR count). The SMILES string of the molecule is CCC[P+](=O)OC1CCCC1.[AlH3].[Zn]. The maximum atomic E-state index is 11.1. The van der Waals surface area contributed by atoms with Crippen molar-refractivity contribution < 1.29 is 28.6 Å². The quantitative estimate of drug-likeness (QED) is 0.576. The van der Waals surface area contributed by atoms with E-state index in [9.17, 15) is 4.57 Å². The Morgan fingerprint density at radius 2 is 1.92 bits per heavy atom. The molecule has 0 aliphatic heterocycles. The molecule has 0 bridgehead atoms. The van der Waals surface area contributed by atoms with Crippen molar-refractivity contribution in [3.63, 3.8) is 0 Å². The molecule has 1 fully saturated rings. The zero-order valence-corrected chi connectivity index (χ0v) is 11.7. The van der Waals surface area contributed by atoms with Crippen LogP contribution in [0.4, 0.5) is 0 Å². The molecule has 0 radical (unpaired) electrons. The molecule has 1 saturated carbocycles. The Labute approximate surface area is 105 Å². The fourth-order valence-corrected chi connectivity index (χ4v) is 2.41.